The Morgan fingerprint density at radius 1 is 1.29 bits per heavy atom. The lowest BCUT2D eigenvalue weighted by molar-refractivity contribution is 0.199. The molecular weight excluding hydrogens is 288 g/mol. The second-order valence-electron chi connectivity index (χ2n) is 4.82. The standard InChI is InChI=1S/C16H19ClN2O2/c1-12-9-16(20)13(10-18-7-8-21-2)11-19(12)15-5-3-14(17)4-6-15/h3-6,9,11,18H,7-8,10H2,1-2H3. The van der Waals surface area contributed by atoms with Gasteiger partial charge in [-0.25, -0.2) is 0 Å². The van der Waals surface area contributed by atoms with Crippen LogP contribution in [0.25, 0.3) is 5.69 Å². The molecule has 1 heterocycles. The van der Waals surface area contributed by atoms with Crippen LogP contribution in [0, 0.1) is 6.92 Å². The molecule has 0 aliphatic heterocycles. The summed E-state index contributed by atoms with van der Waals surface area (Å²) in [6, 6.07) is 9.20. The maximum absolute atomic E-state index is 12.0. The quantitative estimate of drug-likeness (QED) is 0.834. The first-order valence-electron chi connectivity index (χ1n) is 6.79. The number of nitrogens with zero attached hydrogens (tertiary/aromatic N) is 1. The highest BCUT2D eigenvalue weighted by atomic mass is 35.5. The summed E-state index contributed by atoms with van der Waals surface area (Å²) >= 11 is 5.91. The highest BCUT2D eigenvalue weighted by molar-refractivity contribution is 6.30. The number of aryl methyl sites for hydroxylation is 1. The summed E-state index contributed by atoms with van der Waals surface area (Å²) in [5.41, 5.74) is 2.65. The van der Waals surface area contributed by atoms with E-state index >= 15 is 0 Å². The van der Waals surface area contributed by atoms with E-state index in [1.165, 1.54) is 0 Å². The fourth-order valence-electron chi connectivity index (χ4n) is 2.08. The van der Waals surface area contributed by atoms with E-state index in [9.17, 15) is 4.79 Å². The van der Waals surface area contributed by atoms with Crippen molar-refractivity contribution >= 4 is 11.6 Å². The van der Waals surface area contributed by atoms with E-state index in [2.05, 4.69) is 5.32 Å². The molecule has 0 amide bonds. The van der Waals surface area contributed by atoms with Gasteiger partial charge in [-0.15, -0.1) is 0 Å². The van der Waals surface area contributed by atoms with Gasteiger partial charge in [-0.1, -0.05) is 11.6 Å². The van der Waals surface area contributed by atoms with Gasteiger partial charge in [-0.05, 0) is 31.2 Å². The van der Waals surface area contributed by atoms with Gasteiger partial charge in [0.2, 0.25) is 0 Å². The Hall–Kier alpha value is -1.62. The third-order valence-corrected chi connectivity index (χ3v) is 3.48. The minimum atomic E-state index is 0.0441. The van der Waals surface area contributed by atoms with Crippen molar-refractivity contribution in [3.63, 3.8) is 0 Å². The van der Waals surface area contributed by atoms with E-state index in [0.717, 1.165) is 16.9 Å². The number of hydrogen-bond donors (Lipinski definition) is 1. The Kier molecular flexibility index (Phi) is 5.56. The second kappa shape index (κ2) is 7.41. The molecular formula is C16H19ClN2O2. The van der Waals surface area contributed by atoms with Crippen molar-refractivity contribution in [2.24, 2.45) is 0 Å². The summed E-state index contributed by atoms with van der Waals surface area (Å²) in [5, 5.41) is 3.88. The smallest absolute Gasteiger partial charge is 0.186 e. The Bertz CT molecular complexity index is 650. The summed E-state index contributed by atoms with van der Waals surface area (Å²) in [7, 11) is 1.65. The molecule has 0 aliphatic carbocycles. The van der Waals surface area contributed by atoms with Crippen LogP contribution in [-0.2, 0) is 11.3 Å². The summed E-state index contributed by atoms with van der Waals surface area (Å²) in [4.78, 5) is 12.0. The van der Waals surface area contributed by atoms with Crippen LogP contribution in [0.3, 0.4) is 0 Å². The third-order valence-electron chi connectivity index (χ3n) is 3.22. The lowest BCUT2D eigenvalue weighted by Crippen LogP contribution is -2.24. The molecule has 0 saturated carbocycles. The molecule has 0 saturated heterocycles. The Balaban J connectivity index is 2.25. The molecule has 21 heavy (non-hydrogen) atoms. The molecule has 0 unspecified atom stereocenters. The van der Waals surface area contributed by atoms with E-state index < -0.39 is 0 Å². The Morgan fingerprint density at radius 2 is 2.00 bits per heavy atom. The molecule has 0 radical (unpaired) electrons. The van der Waals surface area contributed by atoms with Crippen LogP contribution >= 0.6 is 11.6 Å². The zero-order valence-electron chi connectivity index (χ0n) is 12.2. The molecule has 4 nitrogen and oxygen atoms in total. The number of benzene rings is 1. The minimum absolute atomic E-state index is 0.0441. The topological polar surface area (TPSA) is 43.3 Å². The van der Waals surface area contributed by atoms with Gasteiger partial charge < -0.3 is 14.6 Å². The van der Waals surface area contributed by atoms with Crippen molar-refractivity contribution in [2.45, 2.75) is 13.5 Å². The summed E-state index contributed by atoms with van der Waals surface area (Å²) in [6.45, 7) is 3.77. The highest BCUT2D eigenvalue weighted by Crippen LogP contribution is 2.15. The molecule has 5 heteroatoms. The van der Waals surface area contributed by atoms with Crippen LogP contribution in [0.4, 0.5) is 0 Å². The fourth-order valence-corrected chi connectivity index (χ4v) is 2.21. The van der Waals surface area contributed by atoms with Crippen molar-refractivity contribution in [2.75, 3.05) is 20.3 Å². The molecule has 0 fully saturated rings. The lowest BCUT2D eigenvalue weighted by atomic mass is 10.2. The van der Waals surface area contributed by atoms with Gasteiger partial charge in [0.15, 0.2) is 5.43 Å². The predicted octanol–water partition coefficient (Wildman–Crippen LogP) is 2.54. The van der Waals surface area contributed by atoms with Crippen molar-refractivity contribution < 1.29 is 4.74 Å². The predicted molar refractivity (Wildman–Crippen MR) is 85.4 cm³/mol. The van der Waals surface area contributed by atoms with E-state index in [0.29, 0.717) is 24.7 Å². The van der Waals surface area contributed by atoms with E-state index in [4.69, 9.17) is 16.3 Å². The molecule has 1 N–H and O–H groups in total. The highest BCUT2D eigenvalue weighted by Gasteiger charge is 2.05. The fraction of sp³-hybridized carbons (Fsp3) is 0.312. The number of nitrogens with one attached hydrogen (secondary N) is 1. The molecule has 1 aromatic carbocycles. The van der Waals surface area contributed by atoms with Crippen LogP contribution in [0.2, 0.25) is 5.02 Å². The van der Waals surface area contributed by atoms with Gasteiger partial charge >= 0.3 is 0 Å². The minimum Gasteiger partial charge on any atom is -0.383 e. The molecule has 2 rings (SSSR count). The summed E-state index contributed by atoms with van der Waals surface area (Å²) in [6.07, 6.45) is 1.88. The number of methoxy groups -OCH3 is 1. The van der Waals surface area contributed by atoms with Gasteiger partial charge in [0.05, 0.1) is 6.61 Å². The molecule has 0 aliphatic rings. The third kappa shape index (κ3) is 4.17. The number of hydrogen-bond acceptors (Lipinski definition) is 3. The SMILES string of the molecule is COCCNCc1cn(-c2ccc(Cl)cc2)c(C)cc1=O. The molecule has 0 atom stereocenters. The van der Waals surface area contributed by atoms with Crippen LogP contribution in [-0.4, -0.2) is 24.8 Å². The van der Waals surface area contributed by atoms with E-state index in [-0.39, 0.29) is 5.43 Å². The van der Waals surface area contributed by atoms with Crippen LogP contribution in [0.1, 0.15) is 11.3 Å². The van der Waals surface area contributed by atoms with Crippen molar-refractivity contribution in [3.05, 3.63) is 63.0 Å². The first-order valence-corrected chi connectivity index (χ1v) is 7.17. The Labute approximate surface area is 129 Å². The number of aromatic nitrogens is 1. The summed E-state index contributed by atoms with van der Waals surface area (Å²) < 4.78 is 6.97. The van der Waals surface area contributed by atoms with Crippen LogP contribution in [0.5, 0.6) is 0 Å². The van der Waals surface area contributed by atoms with E-state index in [1.54, 1.807) is 13.2 Å². The number of rotatable bonds is 6. The summed E-state index contributed by atoms with van der Waals surface area (Å²) in [5.74, 6) is 0. The van der Waals surface area contributed by atoms with Gasteiger partial charge in [-0.2, -0.15) is 0 Å². The second-order valence-corrected chi connectivity index (χ2v) is 5.26. The van der Waals surface area contributed by atoms with Crippen LogP contribution in [0.15, 0.2) is 41.3 Å². The van der Waals surface area contributed by atoms with Gasteiger partial charge in [0, 0.05) is 54.4 Å². The maximum atomic E-state index is 12.0. The zero-order chi connectivity index (χ0) is 15.2. The van der Waals surface area contributed by atoms with Crippen molar-refractivity contribution in [3.8, 4) is 5.69 Å². The molecule has 0 spiro atoms. The van der Waals surface area contributed by atoms with Gasteiger partial charge in [0.1, 0.15) is 0 Å². The number of pyridine rings is 1. The molecule has 2 aromatic rings. The average Bonchev–Trinajstić information content (AvgIpc) is 2.47. The first kappa shape index (κ1) is 15.8. The van der Waals surface area contributed by atoms with Gasteiger partial charge in [-0.3, -0.25) is 4.79 Å². The Morgan fingerprint density at radius 3 is 2.67 bits per heavy atom. The maximum Gasteiger partial charge on any atom is 0.186 e. The zero-order valence-corrected chi connectivity index (χ0v) is 13.0. The first-order chi connectivity index (χ1) is 10.1. The van der Waals surface area contributed by atoms with Gasteiger partial charge in [0.25, 0.3) is 0 Å². The lowest BCUT2D eigenvalue weighted by Gasteiger charge is -2.13. The largest absolute Gasteiger partial charge is 0.383 e. The molecule has 112 valence electrons. The van der Waals surface area contributed by atoms with Crippen molar-refractivity contribution in [1.29, 1.82) is 0 Å². The normalized spacial score (nSPS) is 10.8. The number of ether oxygens (including phenoxy) is 1. The average molecular weight is 307 g/mol. The van der Waals surface area contributed by atoms with Crippen molar-refractivity contribution in [1.82, 2.24) is 9.88 Å². The van der Waals surface area contributed by atoms with Crippen LogP contribution < -0.4 is 10.7 Å². The molecule has 0 bridgehead atoms. The number of halogens is 1. The van der Waals surface area contributed by atoms with E-state index in [1.807, 2.05) is 42.0 Å². The molecule has 1 aromatic heterocycles. The monoisotopic (exact) mass is 306 g/mol.